The number of rotatable bonds is 2. The van der Waals surface area contributed by atoms with Gasteiger partial charge in [-0.3, -0.25) is 5.21 Å². The first-order valence-electron chi connectivity index (χ1n) is 4.21. The third kappa shape index (κ3) is 1.57. The SMILES string of the molecule is CCC1NC(=O)N(CC)C(=O)N1O. The van der Waals surface area contributed by atoms with Gasteiger partial charge in [-0.05, 0) is 13.3 Å². The summed E-state index contributed by atoms with van der Waals surface area (Å²) in [4.78, 5) is 23.4. The number of hydroxylamine groups is 2. The van der Waals surface area contributed by atoms with Crippen LogP contribution in [-0.2, 0) is 0 Å². The predicted molar refractivity (Wildman–Crippen MR) is 44.0 cm³/mol. The number of hydrogen-bond acceptors (Lipinski definition) is 3. The van der Waals surface area contributed by atoms with Gasteiger partial charge < -0.3 is 5.32 Å². The molecule has 1 aliphatic heterocycles. The van der Waals surface area contributed by atoms with E-state index in [1.54, 1.807) is 13.8 Å². The number of nitrogens with zero attached hydrogens (tertiary/aromatic N) is 2. The molecule has 6 nitrogen and oxygen atoms in total. The molecule has 1 aliphatic rings. The summed E-state index contributed by atoms with van der Waals surface area (Å²) in [5.41, 5.74) is 0. The molecule has 1 fully saturated rings. The van der Waals surface area contributed by atoms with Crippen molar-refractivity contribution in [2.24, 2.45) is 0 Å². The van der Waals surface area contributed by atoms with Crippen molar-refractivity contribution in [3.05, 3.63) is 0 Å². The fraction of sp³-hybridized carbons (Fsp3) is 0.714. The van der Waals surface area contributed by atoms with E-state index in [2.05, 4.69) is 5.32 Å². The molecule has 74 valence electrons. The maximum Gasteiger partial charge on any atom is 0.353 e. The molecule has 6 heteroatoms. The van der Waals surface area contributed by atoms with E-state index < -0.39 is 18.2 Å². The predicted octanol–water partition coefficient (Wildman–Crippen LogP) is 0.579. The molecule has 0 aliphatic carbocycles. The van der Waals surface area contributed by atoms with Gasteiger partial charge in [0.2, 0.25) is 0 Å². The zero-order chi connectivity index (χ0) is 10.0. The molecular weight excluding hydrogens is 174 g/mol. The Morgan fingerprint density at radius 2 is 2.08 bits per heavy atom. The summed E-state index contributed by atoms with van der Waals surface area (Å²) in [6, 6.07) is -1.12. The zero-order valence-electron chi connectivity index (χ0n) is 7.65. The average Bonchev–Trinajstić information content (AvgIpc) is 2.12. The minimum Gasteiger partial charge on any atom is -0.315 e. The van der Waals surface area contributed by atoms with Crippen molar-refractivity contribution in [1.29, 1.82) is 0 Å². The Bertz CT molecular complexity index is 231. The van der Waals surface area contributed by atoms with Crippen molar-refractivity contribution >= 4 is 12.1 Å². The molecule has 1 heterocycles. The van der Waals surface area contributed by atoms with Gasteiger partial charge in [-0.1, -0.05) is 6.92 Å². The summed E-state index contributed by atoms with van der Waals surface area (Å²) in [6.45, 7) is 3.68. The third-order valence-corrected chi connectivity index (χ3v) is 1.96. The van der Waals surface area contributed by atoms with E-state index in [1.165, 1.54) is 0 Å². The second-order valence-electron chi connectivity index (χ2n) is 2.74. The first-order valence-corrected chi connectivity index (χ1v) is 4.21. The maximum atomic E-state index is 11.3. The Hall–Kier alpha value is -1.30. The van der Waals surface area contributed by atoms with E-state index in [0.29, 0.717) is 11.5 Å². The van der Waals surface area contributed by atoms with E-state index in [9.17, 15) is 14.8 Å². The molecule has 2 N–H and O–H groups in total. The molecule has 0 radical (unpaired) electrons. The maximum absolute atomic E-state index is 11.3. The molecule has 0 aromatic rings. The van der Waals surface area contributed by atoms with Gasteiger partial charge in [0, 0.05) is 6.54 Å². The van der Waals surface area contributed by atoms with Crippen molar-refractivity contribution in [3.63, 3.8) is 0 Å². The molecule has 0 spiro atoms. The van der Waals surface area contributed by atoms with Crippen molar-refractivity contribution < 1.29 is 14.8 Å². The van der Waals surface area contributed by atoms with Crippen molar-refractivity contribution in [1.82, 2.24) is 15.3 Å². The first kappa shape index (κ1) is 9.79. The van der Waals surface area contributed by atoms with Gasteiger partial charge in [0.15, 0.2) is 0 Å². The van der Waals surface area contributed by atoms with Gasteiger partial charge in [-0.25, -0.2) is 14.5 Å². The largest absolute Gasteiger partial charge is 0.353 e. The van der Waals surface area contributed by atoms with E-state index in [4.69, 9.17) is 0 Å². The quantitative estimate of drug-likeness (QED) is 0.621. The molecule has 0 bridgehead atoms. The van der Waals surface area contributed by atoms with Crippen LogP contribution in [-0.4, -0.2) is 39.9 Å². The summed E-state index contributed by atoms with van der Waals surface area (Å²) in [5.74, 6) is 0. The Morgan fingerprint density at radius 3 is 2.54 bits per heavy atom. The number of carbonyl (C=O) groups excluding carboxylic acids is 2. The van der Waals surface area contributed by atoms with Crippen LogP contribution < -0.4 is 5.32 Å². The Labute approximate surface area is 76.1 Å². The van der Waals surface area contributed by atoms with Crippen LogP contribution in [0.15, 0.2) is 0 Å². The highest BCUT2D eigenvalue weighted by Gasteiger charge is 2.35. The summed E-state index contributed by atoms with van der Waals surface area (Å²) in [6.07, 6.45) is -0.131. The van der Waals surface area contributed by atoms with E-state index in [1.807, 2.05) is 0 Å². The van der Waals surface area contributed by atoms with Crippen LogP contribution in [0, 0.1) is 0 Å². The van der Waals surface area contributed by atoms with Crippen LogP contribution in [0.1, 0.15) is 20.3 Å². The van der Waals surface area contributed by atoms with Crippen LogP contribution in [0.5, 0.6) is 0 Å². The monoisotopic (exact) mass is 187 g/mol. The third-order valence-electron chi connectivity index (χ3n) is 1.96. The summed E-state index contributed by atoms with van der Waals surface area (Å²) in [7, 11) is 0. The van der Waals surface area contributed by atoms with Crippen LogP contribution >= 0.6 is 0 Å². The highest BCUT2D eigenvalue weighted by atomic mass is 16.5. The lowest BCUT2D eigenvalue weighted by molar-refractivity contribution is -0.103. The highest BCUT2D eigenvalue weighted by Crippen LogP contribution is 2.09. The lowest BCUT2D eigenvalue weighted by atomic mass is 10.3. The minimum absolute atomic E-state index is 0.248. The lowest BCUT2D eigenvalue weighted by Gasteiger charge is -2.35. The van der Waals surface area contributed by atoms with Gasteiger partial charge in [0.05, 0.1) is 0 Å². The summed E-state index contributed by atoms with van der Waals surface area (Å²) < 4.78 is 0. The number of carbonyl (C=O) groups is 2. The highest BCUT2D eigenvalue weighted by molar-refractivity contribution is 5.95. The zero-order valence-corrected chi connectivity index (χ0v) is 7.65. The minimum atomic E-state index is -0.668. The van der Waals surface area contributed by atoms with Crippen molar-refractivity contribution in [3.8, 4) is 0 Å². The normalized spacial score (nSPS) is 23.5. The molecule has 0 aromatic carbocycles. The molecule has 1 unspecified atom stereocenters. The average molecular weight is 187 g/mol. The van der Waals surface area contributed by atoms with E-state index in [-0.39, 0.29) is 6.54 Å². The van der Waals surface area contributed by atoms with Gasteiger partial charge in [0.1, 0.15) is 6.17 Å². The summed E-state index contributed by atoms with van der Waals surface area (Å²) >= 11 is 0. The molecule has 1 atom stereocenters. The topological polar surface area (TPSA) is 72.9 Å². The molecule has 0 saturated carbocycles. The van der Waals surface area contributed by atoms with E-state index >= 15 is 0 Å². The molecule has 13 heavy (non-hydrogen) atoms. The Kier molecular flexibility index (Phi) is 2.72. The van der Waals surface area contributed by atoms with Crippen LogP contribution in [0.3, 0.4) is 0 Å². The standard InChI is InChI=1S/C7H13N3O3/c1-3-5-8-6(11)9(4-2)7(12)10(5)13/h5,13H,3-4H2,1-2H3,(H,8,11). The number of imide groups is 1. The molecule has 4 amide bonds. The Balaban J connectivity index is 2.78. The van der Waals surface area contributed by atoms with Gasteiger partial charge in [0.25, 0.3) is 0 Å². The molecule has 0 aromatic heterocycles. The molecular formula is C7H13N3O3. The van der Waals surface area contributed by atoms with Gasteiger partial charge >= 0.3 is 12.1 Å². The number of amides is 4. The van der Waals surface area contributed by atoms with Crippen molar-refractivity contribution in [2.75, 3.05) is 6.54 Å². The number of urea groups is 2. The first-order chi connectivity index (χ1) is 6.11. The lowest BCUT2D eigenvalue weighted by Crippen LogP contribution is -2.63. The van der Waals surface area contributed by atoms with Gasteiger partial charge in [-0.2, -0.15) is 5.06 Å². The van der Waals surface area contributed by atoms with E-state index in [0.717, 1.165) is 4.90 Å². The van der Waals surface area contributed by atoms with Crippen LogP contribution in [0.25, 0.3) is 0 Å². The second kappa shape index (κ2) is 3.61. The Morgan fingerprint density at radius 1 is 1.46 bits per heavy atom. The van der Waals surface area contributed by atoms with Crippen LogP contribution in [0.4, 0.5) is 9.59 Å². The number of nitrogens with one attached hydrogen (secondary N) is 1. The van der Waals surface area contributed by atoms with Gasteiger partial charge in [-0.15, -0.1) is 0 Å². The fourth-order valence-corrected chi connectivity index (χ4v) is 1.18. The number of hydrogen-bond donors (Lipinski definition) is 2. The smallest absolute Gasteiger partial charge is 0.315 e. The molecule has 1 rings (SSSR count). The fourth-order valence-electron chi connectivity index (χ4n) is 1.18. The molecule has 1 saturated heterocycles. The van der Waals surface area contributed by atoms with Crippen LogP contribution in [0.2, 0.25) is 0 Å². The van der Waals surface area contributed by atoms with Crippen molar-refractivity contribution in [2.45, 2.75) is 26.4 Å². The second-order valence-corrected chi connectivity index (χ2v) is 2.74. The summed E-state index contributed by atoms with van der Waals surface area (Å²) in [5, 5.41) is 12.3.